The Morgan fingerprint density at radius 2 is 2.00 bits per heavy atom. The lowest BCUT2D eigenvalue weighted by atomic mass is 10.3. The second-order valence-corrected chi connectivity index (χ2v) is 7.94. The molecule has 3 heterocycles. The predicted octanol–water partition coefficient (Wildman–Crippen LogP) is 4.55. The summed E-state index contributed by atoms with van der Waals surface area (Å²) in [5.74, 6) is 2.87. The molecule has 4 aromatic rings. The zero-order chi connectivity index (χ0) is 18.5. The zero-order valence-electron chi connectivity index (χ0n) is 14.9. The highest BCUT2D eigenvalue weighted by Gasteiger charge is 2.16. The summed E-state index contributed by atoms with van der Waals surface area (Å²) in [6.07, 6.45) is 2.58. The lowest BCUT2D eigenvalue weighted by molar-refractivity contribution is 0.384. The number of para-hydroxylation sites is 1. The molecule has 8 heteroatoms. The molecule has 138 valence electrons. The molecule has 0 saturated heterocycles. The van der Waals surface area contributed by atoms with Crippen molar-refractivity contribution in [3.63, 3.8) is 0 Å². The van der Waals surface area contributed by atoms with E-state index in [-0.39, 0.29) is 0 Å². The number of aromatic nitrogens is 5. The van der Waals surface area contributed by atoms with Crippen molar-refractivity contribution in [2.75, 3.05) is 0 Å². The topological polar surface area (TPSA) is 69.6 Å². The summed E-state index contributed by atoms with van der Waals surface area (Å²) in [6.45, 7) is 2.10. The molecule has 0 amide bonds. The fourth-order valence-electron chi connectivity index (χ4n) is 2.71. The minimum Gasteiger partial charge on any atom is -0.338 e. The molecule has 0 N–H and O–H groups in total. The molecule has 0 spiro atoms. The lowest BCUT2D eigenvalue weighted by Gasteiger charge is -2.09. The van der Waals surface area contributed by atoms with Crippen LogP contribution < -0.4 is 0 Å². The number of benzene rings is 1. The summed E-state index contributed by atoms with van der Waals surface area (Å²) < 4.78 is 7.44. The van der Waals surface area contributed by atoms with Crippen molar-refractivity contribution in [1.29, 1.82) is 0 Å². The van der Waals surface area contributed by atoms with Gasteiger partial charge in [0.2, 0.25) is 5.89 Å². The first-order chi connectivity index (χ1) is 13.3. The number of hydrogen-bond acceptors (Lipinski definition) is 7. The van der Waals surface area contributed by atoms with Crippen molar-refractivity contribution in [3.8, 4) is 5.69 Å². The number of thioether (sulfide) groups is 1. The summed E-state index contributed by atoms with van der Waals surface area (Å²) in [4.78, 5) is 5.69. The quantitative estimate of drug-likeness (QED) is 0.406. The van der Waals surface area contributed by atoms with Crippen molar-refractivity contribution in [3.05, 3.63) is 70.3 Å². The highest BCUT2D eigenvalue weighted by molar-refractivity contribution is 7.98. The van der Waals surface area contributed by atoms with Gasteiger partial charge in [0, 0.05) is 23.4 Å². The highest BCUT2D eigenvalue weighted by atomic mass is 32.2. The lowest BCUT2D eigenvalue weighted by Crippen LogP contribution is -2.03. The Hall–Kier alpha value is -2.45. The van der Waals surface area contributed by atoms with Crippen LogP contribution in [-0.4, -0.2) is 24.9 Å². The third kappa shape index (κ3) is 4.28. The van der Waals surface area contributed by atoms with Gasteiger partial charge in [0.15, 0.2) is 11.0 Å². The van der Waals surface area contributed by atoms with Crippen LogP contribution in [0.25, 0.3) is 5.69 Å². The molecule has 0 aliphatic rings. The number of aryl methyl sites for hydroxylation is 1. The Morgan fingerprint density at radius 1 is 1.11 bits per heavy atom. The van der Waals surface area contributed by atoms with Gasteiger partial charge in [0.05, 0.1) is 5.75 Å². The van der Waals surface area contributed by atoms with Crippen LogP contribution in [-0.2, 0) is 18.6 Å². The average molecular weight is 398 g/mol. The molecule has 0 radical (unpaired) electrons. The minimum absolute atomic E-state index is 0.570. The van der Waals surface area contributed by atoms with Gasteiger partial charge in [-0.05, 0) is 30.0 Å². The van der Waals surface area contributed by atoms with Crippen LogP contribution in [0.4, 0.5) is 0 Å². The number of nitrogens with zero attached hydrogens (tertiary/aromatic N) is 5. The number of hydrogen-bond donors (Lipinski definition) is 0. The summed E-state index contributed by atoms with van der Waals surface area (Å²) in [5, 5.41) is 15.8. The van der Waals surface area contributed by atoms with Crippen molar-refractivity contribution in [2.24, 2.45) is 0 Å². The molecule has 0 aliphatic carbocycles. The van der Waals surface area contributed by atoms with Gasteiger partial charge in [0.25, 0.3) is 0 Å². The SMILES string of the molecule is CCCc1noc(CSc2nnc(Cc3cccs3)n2-c2ccccc2)n1. The zero-order valence-corrected chi connectivity index (χ0v) is 16.5. The third-order valence-electron chi connectivity index (χ3n) is 3.94. The van der Waals surface area contributed by atoms with E-state index in [4.69, 9.17) is 4.52 Å². The maximum Gasteiger partial charge on any atom is 0.237 e. The second kappa shape index (κ2) is 8.49. The van der Waals surface area contributed by atoms with E-state index in [9.17, 15) is 0 Å². The van der Waals surface area contributed by atoms with Gasteiger partial charge < -0.3 is 4.52 Å². The largest absolute Gasteiger partial charge is 0.338 e. The van der Waals surface area contributed by atoms with Crippen molar-refractivity contribution in [2.45, 2.75) is 37.1 Å². The van der Waals surface area contributed by atoms with E-state index >= 15 is 0 Å². The minimum atomic E-state index is 0.570. The molecule has 3 aromatic heterocycles. The first-order valence-electron chi connectivity index (χ1n) is 8.80. The molecule has 0 aliphatic heterocycles. The molecular weight excluding hydrogens is 378 g/mol. The van der Waals surface area contributed by atoms with E-state index in [1.807, 2.05) is 18.2 Å². The average Bonchev–Trinajstić information content (AvgIpc) is 3.43. The molecule has 0 bridgehead atoms. The van der Waals surface area contributed by atoms with Gasteiger partial charge >= 0.3 is 0 Å². The van der Waals surface area contributed by atoms with Crippen molar-refractivity contribution >= 4 is 23.1 Å². The predicted molar refractivity (Wildman–Crippen MR) is 106 cm³/mol. The van der Waals surface area contributed by atoms with Crippen LogP contribution in [0.5, 0.6) is 0 Å². The van der Waals surface area contributed by atoms with Gasteiger partial charge in [-0.2, -0.15) is 4.98 Å². The summed E-state index contributed by atoms with van der Waals surface area (Å²) in [7, 11) is 0. The first kappa shape index (κ1) is 17.9. The van der Waals surface area contributed by atoms with E-state index in [0.717, 1.165) is 41.8 Å². The smallest absolute Gasteiger partial charge is 0.237 e. The fraction of sp³-hybridized carbons (Fsp3) is 0.263. The van der Waals surface area contributed by atoms with Crippen LogP contribution in [0.15, 0.2) is 57.5 Å². The highest BCUT2D eigenvalue weighted by Crippen LogP contribution is 2.26. The molecule has 27 heavy (non-hydrogen) atoms. The third-order valence-corrected chi connectivity index (χ3v) is 5.73. The van der Waals surface area contributed by atoms with Gasteiger partial charge in [-0.3, -0.25) is 4.57 Å². The molecule has 0 unspecified atom stereocenters. The summed E-state index contributed by atoms with van der Waals surface area (Å²) in [5.41, 5.74) is 1.05. The summed E-state index contributed by atoms with van der Waals surface area (Å²) in [6, 6.07) is 14.4. The molecule has 0 saturated carbocycles. The van der Waals surface area contributed by atoms with Crippen LogP contribution in [0.3, 0.4) is 0 Å². The van der Waals surface area contributed by atoms with E-state index in [1.165, 1.54) is 4.88 Å². The first-order valence-corrected chi connectivity index (χ1v) is 10.7. The maximum atomic E-state index is 5.34. The molecule has 0 fully saturated rings. The maximum absolute atomic E-state index is 5.34. The number of thiophene rings is 1. The van der Waals surface area contributed by atoms with Gasteiger partial charge in [0.1, 0.15) is 5.82 Å². The fourth-order valence-corrected chi connectivity index (χ4v) is 4.22. The molecule has 1 aromatic carbocycles. The number of rotatable bonds is 8. The molecule has 6 nitrogen and oxygen atoms in total. The van der Waals surface area contributed by atoms with Crippen molar-refractivity contribution < 1.29 is 4.52 Å². The Balaban J connectivity index is 1.58. The van der Waals surface area contributed by atoms with Gasteiger partial charge in [-0.25, -0.2) is 0 Å². The summed E-state index contributed by atoms with van der Waals surface area (Å²) >= 11 is 3.28. The van der Waals surface area contributed by atoms with Crippen LogP contribution >= 0.6 is 23.1 Å². The second-order valence-electron chi connectivity index (χ2n) is 5.97. The van der Waals surface area contributed by atoms with Crippen LogP contribution in [0, 0.1) is 0 Å². The van der Waals surface area contributed by atoms with Gasteiger partial charge in [-0.15, -0.1) is 21.5 Å². The monoisotopic (exact) mass is 397 g/mol. The standard InChI is InChI=1S/C19H19N5OS2/c1-2-7-16-20-18(25-23-16)13-27-19-22-21-17(12-15-10-6-11-26-15)24(19)14-8-4-3-5-9-14/h3-6,8-11H,2,7,12-13H2,1H3. The van der Waals surface area contributed by atoms with E-state index in [2.05, 4.69) is 61.5 Å². The van der Waals surface area contributed by atoms with Crippen LogP contribution in [0.1, 0.15) is 35.8 Å². The molecule has 0 atom stereocenters. The Kier molecular flexibility index (Phi) is 5.64. The van der Waals surface area contributed by atoms with E-state index in [1.54, 1.807) is 23.1 Å². The van der Waals surface area contributed by atoms with E-state index < -0.39 is 0 Å². The Morgan fingerprint density at radius 3 is 2.78 bits per heavy atom. The molecule has 4 rings (SSSR count). The van der Waals surface area contributed by atoms with Crippen LogP contribution in [0.2, 0.25) is 0 Å². The van der Waals surface area contributed by atoms with Crippen molar-refractivity contribution in [1.82, 2.24) is 24.9 Å². The van der Waals surface area contributed by atoms with E-state index in [0.29, 0.717) is 11.6 Å². The Bertz CT molecular complexity index is 979. The molecular formula is C19H19N5OS2. The Labute approximate surface area is 165 Å². The van der Waals surface area contributed by atoms with Gasteiger partial charge in [-0.1, -0.05) is 48.1 Å². The normalized spacial score (nSPS) is 11.1.